The van der Waals surface area contributed by atoms with Crippen molar-refractivity contribution in [2.75, 3.05) is 33.4 Å². The minimum atomic E-state index is 0. The maximum Gasteiger partial charge on any atom is 0.137 e. The van der Waals surface area contributed by atoms with E-state index < -0.39 is 0 Å². The van der Waals surface area contributed by atoms with Gasteiger partial charge >= 0.3 is 0 Å². The Hall–Kier alpha value is -1.60. The Morgan fingerprint density at radius 1 is 0.931 bits per heavy atom. The SMILES string of the molecule is Cc1cncc(OC[C@H]2CCN2)c1.Cc1cncc(OC[C@H]2CCN2C)c1.Cl.Cl. The molecule has 0 bridgehead atoms. The van der Waals surface area contributed by atoms with Gasteiger partial charge in [-0.25, -0.2) is 0 Å². The zero-order chi connectivity index (χ0) is 19.1. The molecule has 0 saturated carbocycles. The molecule has 0 aliphatic carbocycles. The molecule has 4 rings (SSSR count). The summed E-state index contributed by atoms with van der Waals surface area (Å²) in [4.78, 5) is 10.5. The lowest BCUT2D eigenvalue weighted by Crippen LogP contribution is -2.48. The van der Waals surface area contributed by atoms with Crippen LogP contribution in [0.5, 0.6) is 11.5 Å². The van der Waals surface area contributed by atoms with Gasteiger partial charge in [0.05, 0.1) is 12.4 Å². The highest BCUT2D eigenvalue weighted by molar-refractivity contribution is 5.85. The third-order valence-corrected chi connectivity index (χ3v) is 4.96. The molecule has 2 aliphatic rings. The Balaban J connectivity index is 0.000000272. The van der Waals surface area contributed by atoms with Crippen LogP contribution in [0.1, 0.15) is 24.0 Å². The third kappa shape index (κ3) is 8.34. The van der Waals surface area contributed by atoms with Crippen LogP contribution >= 0.6 is 24.8 Å². The van der Waals surface area contributed by atoms with Gasteiger partial charge in [-0.05, 0) is 70.1 Å². The maximum atomic E-state index is 5.66. The summed E-state index contributed by atoms with van der Waals surface area (Å²) >= 11 is 0. The first-order chi connectivity index (χ1) is 13.1. The quantitative estimate of drug-likeness (QED) is 0.738. The predicted octanol–water partition coefficient (Wildman–Crippen LogP) is 3.45. The van der Waals surface area contributed by atoms with Gasteiger partial charge in [0.25, 0.3) is 0 Å². The molecule has 0 unspecified atom stereocenters. The standard InChI is InChI=1S/C11H16N2O.C10H14N2O.2ClH/c1-9-5-11(7-12-6-9)14-8-10-3-4-13(10)2;1-8-4-10(6-11-5-8)13-7-9-2-3-12-9;;/h5-7,10H,3-4,8H2,1-2H3;4-6,9,12H,2-3,7H2,1H3;2*1H/t10-;9-;;/m11../s1. The number of rotatable bonds is 6. The average Bonchev–Trinajstić information content (AvgIpc) is 2.60. The number of hydrogen-bond acceptors (Lipinski definition) is 6. The van der Waals surface area contributed by atoms with Gasteiger partial charge in [0.1, 0.15) is 24.7 Å². The molecular formula is C21H32Cl2N4O2. The van der Waals surface area contributed by atoms with Crippen molar-refractivity contribution in [1.82, 2.24) is 20.2 Å². The van der Waals surface area contributed by atoms with Gasteiger partial charge in [-0.15, -0.1) is 24.8 Å². The molecule has 0 amide bonds. The third-order valence-electron chi connectivity index (χ3n) is 4.96. The number of nitrogens with zero attached hydrogens (tertiary/aromatic N) is 3. The molecule has 162 valence electrons. The molecule has 29 heavy (non-hydrogen) atoms. The largest absolute Gasteiger partial charge is 0.490 e. The fraction of sp³-hybridized carbons (Fsp3) is 0.524. The minimum Gasteiger partial charge on any atom is -0.490 e. The number of nitrogens with one attached hydrogen (secondary N) is 1. The highest BCUT2D eigenvalue weighted by Crippen LogP contribution is 2.17. The Kier molecular flexibility index (Phi) is 11.3. The fourth-order valence-electron chi connectivity index (χ4n) is 2.87. The second kappa shape index (κ2) is 12.9. The molecule has 1 N–H and O–H groups in total. The van der Waals surface area contributed by atoms with Gasteiger partial charge in [-0.2, -0.15) is 0 Å². The zero-order valence-corrected chi connectivity index (χ0v) is 19.0. The topological polar surface area (TPSA) is 59.5 Å². The van der Waals surface area contributed by atoms with Crippen molar-refractivity contribution in [3.63, 3.8) is 0 Å². The molecule has 2 aromatic heterocycles. The van der Waals surface area contributed by atoms with Crippen molar-refractivity contribution in [3.8, 4) is 11.5 Å². The Labute approximate surface area is 186 Å². The van der Waals surface area contributed by atoms with Crippen molar-refractivity contribution in [2.24, 2.45) is 0 Å². The van der Waals surface area contributed by atoms with Gasteiger partial charge < -0.3 is 14.8 Å². The molecule has 2 fully saturated rings. The van der Waals surface area contributed by atoms with E-state index in [9.17, 15) is 0 Å². The molecule has 8 heteroatoms. The number of likely N-dealkylation sites (N-methyl/N-ethyl adjacent to an activating group) is 1. The zero-order valence-electron chi connectivity index (χ0n) is 17.3. The van der Waals surface area contributed by atoms with E-state index in [2.05, 4.69) is 27.2 Å². The number of aromatic nitrogens is 2. The van der Waals surface area contributed by atoms with Crippen molar-refractivity contribution in [2.45, 2.75) is 38.8 Å². The van der Waals surface area contributed by atoms with Crippen LogP contribution in [-0.2, 0) is 0 Å². The van der Waals surface area contributed by atoms with E-state index in [1.165, 1.54) is 19.4 Å². The summed E-state index contributed by atoms with van der Waals surface area (Å²) in [5.41, 5.74) is 2.28. The van der Waals surface area contributed by atoms with Crippen molar-refractivity contribution < 1.29 is 9.47 Å². The molecule has 2 atom stereocenters. The molecule has 4 heterocycles. The van der Waals surface area contributed by atoms with E-state index >= 15 is 0 Å². The highest BCUT2D eigenvalue weighted by Gasteiger charge is 2.24. The number of likely N-dealkylation sites (tertiary alicyclic amines) is 1. The lowest BCUT2D eigenvalue weighted by atomic mass is 10.1. The lowest BCUT2D eigenvalue weighted by Gasteiger charge is -2.37. The summed E-state index contributed by atoms with van der Waals surface area (Å²) in [6.45, 7) is 7.89. The summed E-state index contributed by atoms with van der Waals surface area (Å²) in [6, 6.07) is 5.16. The number of halogens is 2. The Bertz CT molecular complexity index is 731. The summed E-state index contributed by atoms with van der Waals surface area (Å²) < 4.78 is 11.2. The first-order valence-electron chi connectivity index (χ1n) is 9.62. The van der Waals surface area contributed by atoms with E-state index in [1.54, 1.807) is 12.4 Å². The van der Waals surface area contributed by atoms with Crippen LogP contribution in [0.2, 0.25) is 0 Å². The molecule has 0 radical (unpaired) electrons. The highest BCUT2D eigenvalue weighted by atomic mass is 35.5. The smallest absolute Gasteiger partial charge is 0.137 e. The molecule has 2 aliphatic heterocycles. The number of pyridine rings is 2. The van der Waals surface area contributed by atoms with Crippen LogP contribution in [-0.4, -0.2) is 60.3 Å². The van der Waals surface area contributed by atoms with E-state index in [4.69, 9.17) is 9.47 Å². The van der Waals surface area contributed by atoms with Gasteiger partial charge in [0, 0.05) is 24.5 Å². The molecular weight excluding hydrogens is 411 g/mol. The van der Waals surface area contributed by atoms with Crippen LogP contribution in [0, 0.1) is 13.8 Å². The molecule has 2 saturated heterocycles. The van der Waals surface area contributed by atoms with E-state index in [1.807, 2.05) is 38.4 Å². The summed E-state index contributed by atoms with van der Waals surface area (Å²) in [5, 5.41) is 3.28. The number of hydrogen-bond donors (Lipinski definition) is 1. The van der Waals surface area contributed by atoms with Crippen molar-refractivity contribution in [3.05, 3.63) is 48.0 Å². The van der Waals surface area contributed by atoms with Gasteiger partial charge in [0.2, 0.25) is 0 Å². The molecule has 0 spiro atoms. The van der Waals surface area contributed by atoms with Gasteiger partial charge in [0.15, 0.2) is 0 Å². The number of ether oxygens (including phenoxy) is 2. The normalized spacial score (nSPS) is 19.8. The summed E-state index contributed by atoms with van der Waals surface area (Å²) in [7, 11) is 2.13. The Morgan fingerprint density at radius 2 is 1.48 bits per heavy atom. The predicted molar refractivity (Wildman–Crippen MR) is 121 cm³/mol. The Morgan fingerprint density at radius 3 is 1.86 bits per heavy atom. The molecule has 0 aromatic carbocycles. The average molecular weight is 443 g/mol. The van der Waals surface area contributed by atoms with Crippen LogP contribution < -0.4 is 14.8 Å². The van der Waals surface area contributed by atoms with Crippen molar-refractivity contribution in [1.29, 1.82) is 0 Å². The van der Waals surface area contributed by atoms with Crippen LogP contribution in [0.15, 0.2) is 36.9 Å². The van der Waals surface area contributed by atoms with E-state index in [-0.39, 0.29) is 24.8 Å². The lowest BCUT2D eigenvalue weighted by molar-refractivity contribution is 0.0767. The van der Waals surface area contributed by atoms with Gasteiger partial charge in [-0.3, -0.25) is 14.9 Å². The van der Waals surface area contributed by atoms with Crippen LogP contribution in [0.4, 0.5) is 0 Å². The maximum absolute atomic E-state index is 5.66. The molecule has 6 nitrogen and oxygen atoms in total. The second-order valence-electron chi connectivity index (χ2n) is 7.38. The summed E-state index contributed by atoms with van der Waals surface area (Å²) in [6.07, 6.45) is 9.66. The fourth-order valence-corrected chi connectivity index (χ4v) is 2.87. The first kappa shape index (κ1) is 25.4. The summed E-state index contributed by atoms with van der Waals surface area (Å²) in [5.74, 6) is 1.75. The van der Waals surface area contributed by atoms with Crippen LogP contribution in [0.25, 0.3) is 0 Å². The molecule has 2 aromatic rings. The minimum absolute atomic E-state index is 0. The second-order valence-corrected chi connectivity index (χ2v) is 7.38. The van der Waals surface area contributed by atoms with E-state index in [0.29, 0.717) is 12.1 Å². The monoisotopic (exact) mass is 442 g/mol. The number of aryl methyl sites for hydroxylation is 2. The van der Waals surface area contributed by atoms with Gasteiger partial charge in [-0.1, -0.05) is 0 Å². The first-order valence-corrected chi connectivity index (χ1v) is 9.62. The van der Waals surface area contributed by atoms with Crippen LogP contribution in [0.3, 0.4) is 0 Å². The van der Waals surface area contributed by atoms with Crippen molar-refractivity contribution >= 4 is 24.8 Å². The van der Waals surface area contributed by atoms with E-state index in [0.717, 1.165) is 42.4 Å².